The molecule has 1 heteroatoms. The van der Waals surface area contributed by atoms with Gasteiger partial charge in [-0.3, -0.25) is 0 Å². The quantitative estimate of drug-likeness (QED) is 0.733. The van der Waals surface area contributed by atoms with E-state index in [9.17, 15) is 0 Å². The molecule has 0 N–H and O–H groups in total. The summed E-state index contributed by atoms with van der Waals surface area (Å²) in [6.07, 6.45) is 1.07. The number of nitrogens with zero attached hydrogens (tertiary/aromatic N) is 1. The number of hydrogen-bond acceptors (Lipinski definition) is 1. The maximum Gasteiger partial charge on any atom is 0.00159 e. The number of rotatable bonds is 3. The van der Waals surface area contributed by atoms with Crippen LogP contribution in [0.25, 0.3) is 10.8 Å². The van der Waals surface area contributed by atoms with Crippen molar-refractivity contribution >= 4 is 10.8 Å². The molecule has 15 heavy (non-hydrogen) atoms. The zero-order valence-electron chi connectivity index (χ0n) is 9.33. The Morgan fingerprint density at radius 3 is 2.67 bits per heavy atom. The summed E-state index contributed by atoms with van der Waals surface area (Å²) < 4.78 is 0. The molecule has 0 saturated heterocycles. The summed E-state index contributed by atoms with van der Waals surface area (Å²) >= 11 is 0. The van der Waals surface area contributed by atoms with E-state index in [2.05, 4.69) is 61.5 Å². The predicted octanol–water partition coefficient (Wildman–Crippen LogP) is 2.74. The van der Waals surface area contributed by atoms with Crippen molar-refractivity contribution in [3.05, 3.63) is 48.0 Å². The molecule has 0 atom stereocenters. The van der Waals surface area contributed by atoms with Crippen LogP contribution < -0.4 is 0 Å². The second-order valence-electron chi connectivity index (χ2n) is 4.12. The molecule has 0 aliphatic carbocycles. The minimum Gasteiger partial charge on any atom is -0.309 e. The first-order chi connectivity index (χ1) is 7.25. The number of benzene rings is 2. The van der Waals surface area contributed by atoms with E-state index in [0.29, 0.717) is 0 Å². The van der Waals surface area contributed by atoms with Gasteiger partial charge in [0.15, 0.2) is 0 Å². The molecule has 1 radical (unpaired) electrons. The summed E-state index contributed by atoms with van der Waals surface area (Å²) in [4.78, 5) is 2.20. The zero-order valence-corrected chi connectivity index (χ0v) is 9.33. The molecule has 2 aromatic rings. The van der Waals surface area contributed by atoms with Crippen LogP contribution in [0.4, 0.5) is 0 Å². The van der Waals surface area contributed by atoms with Crippen LogP contribution in [-0.4, -0.2) is 25.5 Å². The van der Waals surface area contributed by atoms with Gasteiger partial charge in [-0.05, 0) is 42.9 Å². The Morgan fingerprint density at radius 2 is 1.87 bits per heavy atom. The summed E-state index contributed by atoms with van der Waals surface area (Å²) in [5.74, 6) is 0. The van der Waals surface area contributed by atoms with Gasteiger partial charge in [0, 0.05) is 6.54 Å². The average Bonchev–Trinajstić information content (AvgIpc) is 2.26. The van der Waals surface area contributed by atoms with Crippen molar-refractivity contribution in [1.82, 2.24) is 4.90 Å². The van der Waals surface area contributed by atoms with Crippen molar-refractivity contribution in [2.45, 2.75) is 6.42 Å². The van der Waals surface area contributed by atoms with Gasteiger partial charge in [0.05, 0.1) is 0 Å². The second-order valence-corrected chi connectivity index (χ2v) is 4.12. The zero-order chi connectivity index (χ0) is 10.7. The molecular weight excluding hydrogens is 182 g/mol. The van der Waals surface area contributed by atoms with Crippen molar-refractivity contribution in [3.8, 4) is 0 Å². The van der Waals surface area contributed by atoms with Crippen LogP contribution in [0, 0.1) is 6.07 Å². The summed E-state index contributed by atoms with van der Waals surface area (Å²) in [6, 6.07) is 16.2. The largest absolute Gasteiger partial charge is 0.309 e. The third-order valence-corrected chi connectivity index (χ3v) is 2.55. The molecule has 2 aromatic carbocycles. The molecule has 1 nitrogen and oxygen atoms in total. The Hall–Kier alpha value is -1.34. The molecule has 0 aliphatic rings. The van der Waals surface area contributed by atoms with Crippen LogP contribution in [0.1, 0.15) is 5.56 Å². The molecule has 0 bridgehead atoms. The Morgan fingerprint density at radius 1 is 1.07 bits per heavy atom. The molecule has 0 amide bonds. The van der Waals surface area contributed by atoms with Gasteiger partial charge in [-0.1, -0.05) is 36.4 Å². The molecule has 77 valence electrons. The van der Waals surface area contributed by atoms with E-state index >= 15 is 0 Å². The van der Waals surface area contributed by atoms with E-state index in [1.807, 2.05) is 0 Å². The summed E-state index contributed by atoms with van der Waals surface area (Å²) in [6.45, 7) is 1.08. The highest BCUT2D eigenvalue weighted by Crippen LogP contribution is 2.15. The minimum absolute atomic E-state index is 1.07. The van der Waals surface area contributed by atoms with Gasteiger partial charge in [0.2, 0.25) is 0 Å². The van der Waals surface area contributed by atoms with E-state index in [1.54, 1.807) is 0 Å². The van der Waals surface area contributed by atoms with Crippen LogP contribution in [-0.2, 0) is 6.42 Å². The predicted molar refractivity (Wildman–Crippen MR) is 65.0 cm³/mol. The van der Waals surface area contributed by atoms with Crippen molar-refractivity contribution in [2.75, 3.05) is 20.6 Å². The fourth-order valence-electron chi connectivity index (χ4n) is 1.65. The lowest BCUT2D eigenvalue weighted by Gasteiger charge is -2.09. The van der Waals surface area contributed by atoms with Gasteiger partial charge < -0.3 is 4.90 Å². The Labute approximate surface area is 91.3 Å². The fraction of sp³-hybridized carbons (Fsp3) is 0.286. The third kappa shape index (κ3) is 2.57. The van der Waals surface area contributed by atoms with Crippen LogP contribution in [0.3, 0.4) is 0 Å². The summed E-state index contributed by atoms with van der Waals surface area (Å²) in [5, 5.41) is 2.49. The summed E-state index contributed by atoms with van der Waals surface area (Å²) in [5.41, 5.74) is 1.29. The molecular formula is C14H16N. The number of fused-ring (bicyclic) bond motifs is 1. The normalized spacial score (nSPS) is 11.1. The van der Waals surface area contributed by atoms with Crippen molar-refractivity contribution in [2.24, 2.45) is 0 Å². The molecule has 0 spiro atoms. The molecule has 0 aromatic heterocycles. The Balaban J connectivity index is 2.23. The first-order valence-electron chi connectivity index (χ1n) is 5.30. The van der Waals surface area contributed by atoms with E-state index < -0.39 is 0 Å². The van der Waals surface area contributed by atoms with Gasteiger partial charge >= 0.3 is 0 Å². The third-order valence-electron chi connectivity index (χ3n) is 2.55. The van der Waals surface area contributed by atoms with E-state index in [0.717, 1.165) is 13.0 Å². The van der Waals surface area contributed by atoms with E-state index in [1.165, 1.54) is 16.3 Å². The second kappa shape index (κ2) is 4.45. The number of likely N-dealkylation sites (N-methyl/N-ethyl adjacent to an activating group) is 1. The van der Waals surface area contributed by atoms with Gasteiger partial charge in [-0.2, -0.15) is 0 Å². The lowest BCUT2D eigenvalue weighted by atomic mass is 10.1. The Bertz CT molecular complexity index is 446. The average molecular weight is 198 g/mol. The molecule has 2 rings (SSSR count). The van der Waals surface area contributed by atoms with Gasteiger partial charge in [-0.15, -0.1) is 0 Å². The lowest BCUT2D eigenvalue weighted by molar-refractivity contribution is 0.413. The van der Waals surface area contributed by atoms with E-state index in [-0.39, 0.29) is 0 Å². The van der Waals surface area contributed by atoms with Crippen molar-refractivity contribution in [1.29, 1.82) is 0 Å². The highest BCUT2D eigenvalue weighted by atomic mass is 15.0. The standard InChI is InChI=1S/C14H16N/c1-15(2)10-9-12-7-8-13-5-3-4-6-14(13)11-12/h3-8H,9-10H2,1-2H3. The van der Waals surface area contributed by atoms with Crippen LogP contribution in [0.2, 0.25) is 0 Å². The SMILES string of the molecule is CN(C)CCc1[c]c2ccccc2cc1. The van der Waals surface area contributed by atoms with Crippen LogP contribution in [0.15, 0.2) is 36.4 Å². The van der Waals surface area contributed by atoms with Gasteiger partial charge in [0.1, 0.15) is 0 Å². The van der Waals surface area contributed by atoms with Gasteiger partial charge in [-0.25, -0.2) is 0 Å². The highest BCUT2D eigenvalue weighted by Gasteiger charge is 1.97. The number of hydrogen-bond donors (Lipinski definition) is 0. The summed E-state index contributed by atoms with van der Waals surface area (Å²) in [7, 11) is 4.20. The Kier molecular flexibility index (Phi) is 3.02. The van der Waals surface area contributed by atoms with Crippen LogP contribution >= 0.6 is 0 Å². The monoisotopic (exact) mass is 198 g/mol. The lowest BCUT2D eigenvalue weighted by Crippen LogP contribution is -2.15. The molecule has 0 aliphatic heterocycles. The minimum atomic E-state index is 1.07. The van der Waals surface area contributed by atoms with Crippen molar-refractivity contribution in [3.63, 3.8) is 0 Å². The molecule has 0 fully saturated rings. The van der Waals surface area contributed by atoms with Crippen molar-refractivity contribution < 1.29 is 0 Å². The molecule has 0 unspecified atom stereocenters. The smallest absolute Gasteiger partial charge is 0.00159 e. The van der Waals surface area contributed by atoms with Crippen LogP contribution in [0.5, 0.6) is 0 Å². The van der Waals surface area contributed by atoms with E-state index in [4.69, 9.17) is 0 Å². The highest BCUT2D eigenvalue weighted by molar-refractivity contribution is 5.82. The maximum atomic E-state index is 3.46. The molecule has 0 saturated carbocycles. The van der Waals surface area contributed by atoms with Gasteiger partial charge in [0.25, 0.3) is 0 Å². The maximum absolute atomic E-state index is 3.46. The fourth-order valence-corrected chi connectivity index (χ4v) is 1.65. The first-order valence-corrected chi connectivity index (χ1v) is 5.30. The molecule has 0 heterocycles. The first kappa shape index (κ1) is 10.2. The topological polar surface area (TPSA) is 3.24 Å².